The van der Waals surface area contributed by atoms with Gasteiger partial charge in [-0.2, -0.15) is 13.2 Å². The van der Waals surface area contributed by atoms with Crippen molar-refractivity contribution >= 4 is 27.6 Å². The van der Waals surface area contributed by atoms with Gasteiger partial charge < -0.3 is 10.4 Å². The minimum Gasteiger partial charge on any atom is -0.481 e. The maximum atomic E-state index is 12.5. The molecule has 0 aliphatic heterocycles. The molecule has 0 unspecified atom stereocenters. The molecule has 7 heteroatoms. The van der Waals surface area contributed by atoms with Crippen molar-refractivity contribution in [3.8, 4) is 0 Å². The number of carboxylic acid groups (broad SMARTS) is 1. The van der Waals surface area contributed by atoms with E-state index in [9.17, 15) is 18.0 Å². The lowest BCUT2D eigenvalue weighted by molar-refractivity contribution is -0.138. The number of carboxylic acids is 1. The molecule has 94 valence electrons. The Bertz CT molecular complexity index is 421. The van der Waals surface area contributed by atoms with Crippen LogP contribution in [-0.2, 0) is 11.0 Å². The Hall–Kier alpha value is -1.24. The highest BCUT2D eigenvalue weighted by molar-refractivity contribution is 9.10. The molecule has 1 aromatic carbocycles. The molecule has 17 heavy (non-hydrogen) atoms. The molecule has 0 spiro atoms. The van der Waals surface area contributed by atoms with Gasteiger partial charge in [-0.05, 0) is 18.2 Å². The predicted octanol–water partition coefficient (Wildman–Crippen LogP) is 3.35. The summed E-state index contributed by atoms with van der Waals surface area (Å²) in [5, 5.41) is 11.0. The molecular weight excluding hydrogens is 303 g/mol. The minimum atomic E-state index is -4.44. The minimum absolute atomic E-state index is 0.0474. The van der Waals surface area contributed by atoms with E-state index in [1.807, 2.05) is 0 Å². The lowest BCUT2D eigenvalue weighted by Crippen LogP contribution is -2.10. The Morgan fingerprint density at radius 3 is 2.59 bits per heavy atom. The molecule has 0 fully saturated rings. The van der Waals surface area contributed by atoms with Gasteiger partial charge in [0.15, 0.2) is 0 Å². The number of anilines is 1. The van der Waals surface area contributed by atoms with Gasteiger partial charge in [0.1, 0.15) is 0 Å². The molecule has 0 aliphatic carbocycles. The molecule has 3 nitrogen and oxygen atoms in total. The van der Waals surface area contributed by atoms with Gasteiger partial charge in [0.25, 0.3) is 0 Å². The SMILES string of the molecule is O=C(O)CCNc1ccc(Br)c(C(F)(F)F)c1. The van der Waals surface area contributed by atoms with Gasteiger partial charge in [0.2, 0.25) is 0 Å². The van der Waals surface area contributed by atoms with Crippen molar-refractivity contribution in [2.24, 2.45) is 0 Å². The van der Waals surface area contributed by atoms with Gasteiger partial charge in [-0.1, -0.05) is 15.9 Å². The maximum Gasteiger partial charge on any atom is 0.417 e. The molecule has 0 radical (unpaired) electrons. The number of hydrogen-bond donors (Lipinski definition) is 2. The van der Waals surface area contributed by atoms with Crippen LogP contribution in [0, 0.1) is 0 Å². The van der Waals surface area contributed by atoms with Crippen molar-refractivity contribution in [1.82, 2.24) is 0 Å². The third kappa shape index (κ3) is 4.26. The Morgan fingerprint density at radius 1 is 1.41 bits per heavy atom. The van der Waals surface area contributed by atoms with E-state index in [1.165, 1.54) is 12.1 Å². The van der Waals surface area contributed by atoms with Gasteiger partial charge in [-0.15, -0.1) is 0 Å². The molecule has 0 aliphatic rings. The summed E-state index contributed by atoms with van der Waals surface area (Å²) in [5.74, 6) is -1.01. The van der Waals surface area contributed by atoms with Crippen LogP contribution in [0.15, 0.2) is 22.7 Å². The topological polar surface area (TPSA) is 49.3 Å². The first-order chi connectivity index (χ1) is 7.80. The van der Waals surface area contributed by atoms with Crippen LogP contribution in [0.2, 0.25) is 0 Å². The molecule has 0 saturated heterocycles. The second-order valence-corrected chi connectivity index (χ2v) is 4.12. The molecular formula is C10H9BrF3NO2. The average Bonchev–Trinajstić information content (AvgIpc) is 2.18. The third-order valence-electron chi connectivity index (χ3n) is 1.94. The summed E-state index contributed by atoms with van der Waals surface area (Å²) in [4.78, 5) is 10.2. The zero-order chi connectivity index (χ0) is 13.1. The molecule has 0 saturated carbocycles. The number of benzene rings is 1. The molecule has 0 amide bonds. The average molecular weight is 312 g/mol. The quantitative estimate of drug-likeness (QED) is 0.896. The van der Waals surface area contributed by atoms with E-state index in [1.54, 1.807) is 0 Å². The van der Waals surface area contributed by atoms with E-state index in [4.69, 9.17) is 5.11 Å². The first-order valence-electron chi connectivity index (χ1n) is 4.63. The van der Waals surface area contributed by atoms with Gasteiger partial charge in [0, 0.05) is 16.7 Å². The van der Waals surface area contributed by atoms with E-state index in [0.29, 0.717) is 0 Å². The van der Waals surface area contributed by atoms with Crippen molar-refractivity contribution < 1.29 is 23.1 Å². The van der Waals surface area contributed by atoms with Crippen LogP contribution in [0.3, 0.4) is 0 Å². The lowest BCUT2D eigenvalue weighted by Gasteiger charge is -2.12. The number of rotatable bonds is 4. The van der Waals surface area contributed by atoms with Gasteiger partial charge in [-0.25, -0.2) is 0 Å². The van der Waals surface area contributed by atoms with Gasteiger partial charge in [-0.3, -0.25) is 4.79 Å². The number of halogens is 4. The third-order valence-corrected chi connectivity index (χ3v) is 2.63. The molecule has 0 heterocycles. The van der Waals surface area contributed by atoms with Crippen molar-refractivity contribution in [2.75, 3.05) is 11.9 Å². The van der Waals surface area contributed by atoms with Crippen LogP contribution in [-0.4, -0.2) is 17.6 Å². The zero-order valence-corrected chi connectivity index (χ0v) is 10.1. The highest BCUT2D eigenvalue weighted by Crippen LogP contribution is 2.36. The summed E-state index contributed by atoms with van der Waals surface area (Å²) < 4.78 is 37.5. The van der Waals surface area contributed by atoms with Crippen LogP contribution in [0.1, 0.15) is 12.0 Å². The summed E-state index contributed by atoms with van der Waals surface area (Å²) in [6.45, 7) is 0.0776. The normalized spacial score (nSPS) is 11.3. The fourth-order valence-electron chi connectivity index (χ4n) is 1.17. The molecule has 2 N–H and O–H groups in total. The first-order valence-corrected chi connectivity index (χ1v) is 5.42. The molecule has 0 aromatic heterocycles. The van der Waals surface area contributed by atoms with Crippen LogP contribution < -0.4 is 5.32 Å². The molecule has 0 bridgehead atoms. The van der Waals surface area contributed by atoms with E-state index in [2.05, 4.69) is 21.2 Å². The Labute approximate surface area is 104 Å². The van der Waals surface area contributed by atoms with Crippen molar-refractivity contribution in [2.45, 2.75) is 12.6 Å². The number of carbonyl (C=O) groups is 1. The smallest absolute Gasteiger partial charge is 0.417 e. The summed E-state index contributed by atoms with van der Waals surface area (Å²) in [7, 11) is 0. The van der Waals surface area contributed by atoms with E-state index in [-0.39, 0.29) is 23.1 Å². The summed E-state index contributed by atoms with van der Waals surface area (Å²) in [6.07, 6.45) is -4.60. The highest BCUT2D eigenvalue weighted by atomic mass is 79.9. The van der Waals surface area contributed by atoms with Crippen LogP contribution in [0.25, 0.3) is 0 Å². The number of nitrogens with one attached hydrogen (secondary N) is 1. The number of alkyl halides is 3. The van der Waals surface area contributed by atoms with Crippen LogP contribution >= 0.6 is 15.9 Å². The zero-order valence-electron chi connectivity index (χ0n) is 8.51. The predicted molar refractivity (Wildman–Crippen MR) is 59.9 cm³/mol. The molecule has 1 rings (SSSR count). The second-order valence-electron chi connectivity index (χ2n) is 3.26. The lowest BCUT2D eigenvalue weighted by atomic mass is 10.2. The van der Waals surface area contributed by atoms with E-state index in [0.717, 1.165) is 6.07 Å². The van der Waals surface area contributed by atoms with Crippen molar-refractivity contribution in [3.05, 3.63) is 28.2 Å². The first kappa shape index (κ1) is 13.8. The fourth-order valence-corrected chi connectivity index (χ4v) is 1.64. The summed E-state index contributed by atoms with van der Waals surface area (Å²) >= 11 is 2.82. The monoisotopic (exact) mass is 311 g/mol. The number of hydrogen-bond acceptors (Lipinski definition) is 2. The summed E-state index contributed by atoms with van der Waals surface area (Å²) in [5.41, 5.74) is -0.556. The van der Waals surface area contributed by atoms with Crippen LogP contribution in [0.5, 0.6) is 0 Å². The summed E-state index contributed by atoms with van der Waals surface area (Å²) in [6, 6.07) is 3.65. The number of aliphatic carboxylic acids is 1. The Kier molecular flexibility index (Phi) is 4.39. The second kappa shape index (κ2) is 5.39. The molecule has 1 aromatic rings. The molecule has 0 atom stereocenters. The van der Waals surface area contributed by atoms with Crippen molar-refractivity contribution in [3.63, 3.8) is 0 Å². The largest absolute Gasteiger partial charge is 0.481 e. The van der Waals surface area contributed by atoms with Gasteiger partial charge >= 0.3 is 12.1 Å². The van der Waals surface area contributed by atoms with Crippen molar-refractivity contribution in [1.29, 1.82) is 0 Å². The maximum absolute atomic E-state index is 12.5. The van der Waals surface area contributed by atoms with E-state index >= 15 is 0 Å². The fraction of sp³-hybridized carbons (Fsp3) is 0.300. The standard InChI is InChI=1S/C10H9BrF3NO2/c11-8-2-1-6(15-4-3-9(16)17)5-7(8)10(12,13)14/h1-2,5,15H,3-4H2,(H,16,17). The highest BCUT2D eigenvalue weighted by Gasteiger charge is 2.33. The Morgan fingerprint density at radius 2 is 2.06 bits per heavy atom. The Balaban J connectivity index is 2.79. The van der Waals surface area contributed by atoms with E-state index < -0.39 is 17.7 Å². The van der Waals surface area contributed by atoms with Crippen LogP contribution in [0.4, 0.5) is 18.9 Å². The van der Waals surface area contributed by atoms with Gasteiger partial charge in [0.05, 0.1) is 12.0 Å².